The number of hydrogen-bond acceptors (Lipinski definition) is 4. The van der Waals surface area contributed by atoms with Crippen LogP contribution in [0.15, 0.2) is 28.2 Å². The molecular weight excluding hydrogens is 278 g/mol. The van der Waals surface area contributed by atoms with Crippen LogP contribution in [0.2, 0.25) is 0 Å². The van der Waals surface area contributed by atoms with E-state index in [2.05, 4.69) is 21.5 Å². The number of likely N-dealkylation sites (tertiary alicyclic amines) is 1. The fourth-order valence-corrected chi connectivity index (χ4v) is 3.38. The molecule has 0 atom stereocenters. The molecule has 0 radical (unpaired) electrons. The molecule has 0 spiro atoms. The van der Waals surface area contributed by atoms with E-state index >= 15 is 0 Å². The van der Waals surface area contributed by atoms with Crippen molar-refractivity contribution < 1.29 is 8.42 Å². The molecular formula is C13H21N3O3S. The summed E-state index contributed by atoms with van der Waals surface area (Å²) in [5.74, 6) is 0.755. The van der Waals surface area contributed by atoms with Crippen LogP contribution >= 0.6 is 0 Å². The van der Waals surface area contributed by atoms with Gasteiger partial charge in [0.15, 0.2) is 0 Å². The largest absolute Gasteiger partial charge is 0.366 e. The quantitative estimate of drug-likeness (QED) is 0.824. The Morgan fingerprint density at radius 2 is 2.10 bits per heavy atom. The predicted molar refractivity (Wildman–Crippen MR) is 77.1 cm³/mol. The summed E-state index contributed by atoms with van der Waals surface area (Å²) in [4.78, 5) is 16.2. The minimum Gasteiger partial charge on any atom is -0.366 e. The van der Waals surface area contributed by atoms with Crippen molar-refractivity contribution in [3.8, 4) is 0 Å². The molecule has 2 heterocycles. The van der Waals surface area contributed by atoms with Crippen molar-refractivity contribution in [2.24, 2.45) is 5.92 Å². The average Bonchev–Trinajstić information content (AvgIpc) is 2.41. The lowest BCUT2D eigenvalue weighted by atomic mass is 9.99. The Morgan fingerprint density at radius 1 is 1.40 bits per heavy atom. The van der Waals surface area contributed by atoms with Crippen molar-refractivity contribution in [3.05, 3.63) is 28.7 Å². The van der Waals surface area contributed by atoms with Crippen molar-refractivity contribution in [2.45, 2.75) is 24.7 Å². The fourth-order valence-electron chi connectivity index (χ4n) is 2.31. The van der Waals surface area contributed by atoms with E-state index in [1.54, 1.807) is 0 Å². The Kier molecular flexibility index (Phi) is 4.95. The zero-order chi connectivity index (χ0) is 14.6. The van der Waals surface area contributed by atoms with Crippen LogP contribution in [0.25, 0.3) is 0 Å². The van der Waals surface area contributed by atoms with Crippen LogP contribution in [-0.4, -0.2) is 44.5 Å². The van der Waals surface area contributed by atoms with Gasteiger partial charge in [0.1, 0.15) is 4.90 Å². The monoisotopic (exact) mass is 299 g/mol. The SMILES string of the molecule is CC1CCN(CCNS(=O)(=O)c2c[nH]ccc2=O)CC1. The molecule has 20 heavy (non-hydrogen) atoms. The predicted octanol–water partition coefficient (Wildman–Crippen LogP) is 0.385. The highest BCUT2D eigenvalue weighted by atomic mass is 32.2. The molecule has 0 unspecified atom stereocenters. The molecule has 1 aliphatic heterocycles. The van der Waals surface area contributed by atoms with E-state index < -0.39 is 15.5 Å². The number of hydrogen-bond donors (Lipinski definition) is 2. The second-order valence-electron chi connectivity index (χ2n) is 5.29. The maximum absolute atomic E-state index is 12.0. The van der Waals surface area contributed by atoms with Gasteiger partial charge in [-0.25, -0.2) is 13.1 Å². The molecule has 1 aromatic heterocycles. The minimum atomic E-state index is -3.72. The Hall–Kier alpha value is -1.18. The first-order chi connectivity index (χ1) is 9.49. The first kappa shape index (κ1) is 15.2. The molecule has 0 aliphatic carbocycles. The maximum atomic E-state index is 12.0. The average molecular weight is 299 g/mol. The van der Waals surface area contributed by atoms with E-state index in [9.17, 15) is 13.2 Å². The van der Waals surface area contributed by atoms with Gasteiger partial charge in [-0.05, 0) is 31.8 Å². The van der Waals surface area contributed by atoms with Gasteiger partial charge in [0.2, 0.25) is 15.5 Å². The fraction of sp³-hybridized carbons (Fsp3) is 0.615. The lowest BCUT2D eigenvalue weighted by molar-refractivity contribution is 0.195. The van der Waals surface area contributed by atoms with Crippen LogP contribution in [0.3, 0.4) is 0 Å². The zero-order valence-electron chi connectivity index (χ0n) is 11.6. The van der Waals surface area contributed by atoms with Gasteiger partial charge in [-0.2, -0.15) is 0 Å². The van der Waals surface area contributed by atoms with Crippen LogP contribution in [0, 0.1) is 5.92 Å². The van der Waals surface area contributed by atoms with Crippen LogP contribution in [-0.2, 0) is 10.0 Å². The highest BCUT2D eigenvalue weighted by Crippen LogP contribution is 2.15. The third kappa shape index (κ3) is 3.91. The summed E-state index contributed by atoms with van der Waals surface area (Å²) in [6.07, 6.45) is 4.94. The summed E-state index contributed by atoms with van der Waals surface area (Å²) >= 11 is 0. The Balaban J connectivity index is 1.87. The molecule has 0 saturated carbocycles. The van der Waals surface area contributed by atoms with Gasteiger partial charge in [-0.1, -0.05) is 6.92 Å². The topological polar surface area (TPSA) is 82.3 Å². The summed E-state index contributed by atoms with van der Waals surface area (Å²) in [6, 6.07) is 1.21. The summed E-state index contributed by atoms with van der Waals surface area (Å²) in [7, 11) is -3.72. The van der Waals surface area contributed by atoms with Crippen molar-refractivity contribution in [1.29, 1.82) is 0 Å². The molecule has 0 bridgehead atoms. The normalized spacial score (nSPS) is 18.2. The van der Waals surface area contributed by atoms with E-state index in [1.165, 1.54) is 18.5 Å². The smallest absolute Gasteiger partial charge is 0.245 e. The molecule has 0 aromatic carbocycles. The van der Waals surface area contributed by atoms with Gasteiger partial charge in [-0.15, -0.1) is 0 Å². The molecule has 1 aliphatic rings. The molecule has 7 heteroatoms. The molecule has 2 rings (SSSR count). The Morgan fingerprint density at radius 3 is 2.75 bits per heavy atom. The number of pyridine rings is 1. The maximum Gasteiger partial charge on any atom is 0.245 e. The van der Waals surface area contributed by atoms with Gasteiger partial charge in [0.05, 0.1) is 0 Å². The summed E-state index contributed by atoms with van der Waals surface area (Å²) in [5, 5.41) is 0. The van der Waals surface area contributed by atoms with Crippen LogP contribution < -0.4 is 10.2 Å². The van der Waals surface area contributed by atoms with Crippen LogP contribution in [0.4, 0.5) is 0 Å². The first-order valence-electron chi connectivity index (χ1n) is 6.88. The summed E-state index contributed by atoms with van der Waals surface area (Å²) in [5.41, 5.74) is -0.497. The van der Waals surface area contributed by atoms with Crippen molar-refractivity contribution in [1.82, 2.24) is 14.6 Å². The van der Waals surface area contributed by atoms with Crippen LogP contribution in [0.1, 0.15) is 19.8 Å². The first-order valence-corrected chi connectivity index (χ1v) is 8.36. The van der Waals surface area contributed by atoms with Gasteiger partial charge in [-0.3, -0.25) is 4.79 Å². The lowest BCUT2D eigenvalue weighted by Gasteiger charge is -2.30. The second-order valence-corrected chi connectivity index (χ2v) is 7.03. The number of nitrogens with one attached hydrogen (secondary N) is 2. The van der Waals surface area contributed by atoms with Crippen molar-refractivity contribution in [2.75, 3.05) is 26.2 Å². The minimum absolute atomic E-state index is 0.229. The summed E-state index contributed by atoms with van der Waals surface area (Å²) < 4.78 is 26.5. The number of piperidine rings is 1. The number of sulfonamides is 1. The van der Waals surface area contributed by atoms with Crippen molar-refractivity contribution in [3.63, 3.8) is 0 Å². The molecule has 0 amide bonds. The highest BCUT2D eigenvalue weighted by Gasteiger charge is 2.19. The highest BCUT2D eigenvalue weighted by molar-refractivity contribution is 7.89. The van der Waals surface area contributed by atoms with Crippen LogP contribution in [0.5, 0.6) is 0 Å². The number of rotatable bonds is 5. The molecule has 6 nitrogen and oxygen atoms in total. The third-order valence-corrected chi connectivity index (χ3v) is 5.16. The van der Waals surface area contributed by atoms with Gasteiger partial charge < -0.3 is 9.88 Å². The second kappa shape index (κ2) is 6.51. The van der Waals surface area contributed by atoms with E-state index in [4.69, 9.17) is 0 Å². The number of aromatic nitrogens is 1. The van der Waals surface area contributed by atoms with Gasteiger partial charge >= 0.3 is 0 Å². The number of H-pyrrole nitrogens is 1. The van der Waals surface area contributed by atoms with Gasteiger partial charge in [0.25, 0.3) is 0 Å². The van der Waals surface area contributed by atoms with E-state index in [-0.39, 0.29) is 4.90 Å². The lowest BCUT2D eigenvalue weighted by Crippen LogP contribution is -2.39. The molecule has 2 N–H and O–H groups in total. The Bertz CT molecular complexity index is 589. The molecule has 112 valence electrons. The third-order valence-electron chi connectivity index (χ3n) is 3.67. The molecule has 1 saturated heterocycles. The standard InChI is InChI=1S/C13H21N3O3S/c1-11-3-7-16(8-4-11)9-6-15-20(18,19)13-10-14-5-2-12(13)17/h2,5,10-11,15H,3-4,6-9H2,1H3,(H,14,17). The van der Waals surface area contributed by atoms with E-state index in [0.717, 1.165) is 31.8 Å². The van der Waals surface area contributed by atoms with Crippen molar-refractivity contribution >= 4 is 10.0 Å². The Labute approximate surface area is 119 Å². The van der Waals surface area contributed by atoms with Gasteiger partial charge in [0, 0.05) is 31.5 Å². The molecule has 1 aromatic rings. The number of nitrogens with zero attached hydrogens (tertiary/aromatic N) is 1. The van der Waals surface area contributed by atoms with E-state index in [1.807, 2.05) is 0 Å². The zero-order valence-corrected chi connectivity index (χ0v) is 12.4. The number of aromatic amines is 1. The summed E-state index contributed by atoms with van der Waals surface area (Å²) in [6.45, 7) is 5.26. The van der Waals surface area contributed by atoms with E-state index in [0.29, 0.717) is 13.1 Å². The molecule has 1 fully saturated rings.